The van der Waals surface area contributed by atoms with Crippen molar-refractivity contribution in [1.29, 1.82) is 0 Å². The van der Waals surface area contributed by atoms with Crippen LogP contribution in [-0.2, 0) is 4.79 Å². The summed E-state index contributed by atoms with van der Waals surface area (Å²) in [6, 6.07) is 13.9. The normalized spacial score (nSPS) is 19.4. The van der Waals surface area contributed by atoms with E-state index in [9.17, 15) is 9.59 Å². The minimum Gasteiger partial charge on any atom is -0.354 e. The molecule has 1 heterocycles. The van der Waals surface area contributed by atoms with Gasteiger partial charge in [0.15, 0.2) is 0 Å². The first-order valence-electron chi connectivity index (χ1n) is 7.84. The Hall–Kier alpha value is -2.57. The van der Waals surface area contributed by atoms with E-state index < -0.39 is 11.4 Å². The summed E-state index contributed by atoms with van der Waals surface area (Å²) in [7, 11) is 0. The summed E-state index contributed by atoms with van der Waals surface area (Å²) in [5, 5.41) is 12.2. The van der Waals surface area contributed by atoms with Crippen LogP contribution in [-0.4, -0.2) is 29.1 Å². The van der Waals surface area contributed by atoms with Crippen molar-refractivity contribution in [3.63, 3.8) is 0 Å². The Labute approximate surface area is 150 Å². The second-order valence-electron chi connectivity index (χ2n) is 6.08. The van der Waals surface area contributed by atoms with E-state index in [0.29, 0.717) is 23.6 Å². The molecule has 7 heteroatoms. The maximum Gasteiger partial charge on any atom is 0.274 e. The van der Waals surface area contributed by atoms with Gasteiger partial charge in [-0.1, -0.05) is 11.6 Å². The summed E-state index contributed by atoms with van der Waals surface area (Å²) in [6.07, 6.45) is 0.646. The summed E-state index contributed by atoms with van der Waals surface area (Å²) in [4.78, 5) is 26.0. The fraction of sp³-hybridized carbons (Fsp3) is 0.222. The van der Waals surface area contributed by atoms with Gasteiger partial charge in [0.25, 0.3) is 5.91 Å². The number of hydrogen-bond donors (Lipinski definition) is 3. The third kappa shape index (κ3) is 3.18. The van der Waals surface area contributed by atoms with Crippen LogP contribution in [0.3, 0.4) is 0 Å². The molecule has 0 aromatic heterocycles. The molecule has 0 radical (unpaired) electrons. The molecule has 1 saturated heterocycles. The maximum atomic E-state index is 12.5. The number of nitrogens with one attached hydrogen (secondary N) is 2. The molecule has 0 saturated carbocycles. The molecule has 25 heavy (non-hydrogen) atoms. The third-order valence-electron chi connectivity index (χ3n) is 4.45. The molecule has 0 spiro atoms. The van der Waals surface area contributed by atoms with Gasteiger partial charge in [0.2, 0.25) is 5.91 Å². The van der Waals surface area contributed by atoms with Gasteiger partial charge in [0, 0.05) is 28.5 Å². The number of carbonyl (C=O) groups excluding carboxylic acids is 2. The second-order valence-corrected chi connectivity index (χ2v) is 6.52. The van der Waals surface area contributed by atoms with Crippen LogP contribution in [0.1, 0.15) is 23.7 Å². The number of hydroxylamine groups is 1. The third-order valence-corrected chi connectivity index (χ3v) is 4.71. The molecule has 2 amide bonds. The van der Waals surface area contributed by atoms with E-state index >= 15 is 0 Å². The van der Waals surface area contributed by atoms with Crippen LogP contribution >= 0.6 is 11.6 Å². The summed E-state index contributed by atoms with van der Waals surface area (Å²) in [5.74, 6) is -0.644. The number of benzene rings is 2. The molecule has 1 unspecified atom stereocenters. The van der Waals surface area contributed by atoms with Crippen LogP contribution in [0.4, 0.5) is 11.4 Å². The van der Waals surface area contributed by atoms with E-state index in [4.69, 9.17) is 16.8 Å². The van der Waals surface area contributed by atoms with Crippen LogP contribution < -0.4 is 15.7 Å². The highest BCUT2D eigenvalue weighted by molar-refractivity contribution is 6.30. The summed E-state index contributed by atoms with van der Waals surface area (Å²) in [6.45, 7) is 2.49. The van der Waals surface area contributed by atoms with E-state index in [-0.39, 0.29) is 5.91 Å². The van der Waals surface area contributed by atoms with Gasteiger partial charge in [-0.3, -0.25) is 14.8 Å². The fourth-order valence-electron chi connectivity index (χ4n) is 3.07. The van der Waals surface area contributed by atoms with Crippen LogP contribution in [0, 0.1) is 0 Å². The Bertz CT molecular complexity index is 792. The highest BCUT2D eigenvalue weighted by atomic mass is 35.5. The topological polar surface area (TPSA) is 81.7 Å². The van der Waals surface area contributed by atoms with Crippen molar-refractivity contribution >= 4 is 34.8 Å². The van der Waals surface area contributed by atoms with Gasteiger partial charge in [-0.15, -0.1) is 0 Å². The standard InChI is InChI=1S/C18H18ClN3O3/c1-18(10-11-20-17(18)24)22(15-8-4-13(19)5-9-15)14-6-2-12(3-7-14)16(23)21-25/h2-9,25H,10-11H2,1H3,(H,20,24)(H,21,23). The van der Waals surface area contributed by atoms with Gasteiger partial charge in [0.1, 0.15) is 5.54 Å². The van der Waals surface area contributed by atoms with E-state index in [1.54, 1.807) is 41.9 Å². The Morgan fingerprint density at radius 2 is 1.72 bits per heavy atom. The van der Waals surface area contributed by atoms with Crippen LogP contribution in [0.2, 0.25) is 5.02 Å². The van der Waals surface area contributed by atoms with Crippen LogP contribution in [0.15, 0.2) is 48.5 Å². The molecule has 2 aromatic carbocycles. The molecule has 3 rings (SSSR count). The molecular weight excluding hydrogens is 342 g/mol. The molecule has 130 valence electrons. The average molecular weight is 360 g/mol. The molecule has 1 fully saturated rings. The molecule has 0 bridgehead atoms. The lowest BCUT2D eigenvalue weighted by Gasteiger charge is -2.38. The van der Waals surface area contributed by atoms with E-state index in [0.717, 1.165) is 11.4 Å². The molecule has 2 aromatic rings. The number of carbonyl (C=O) groups is 2. The molecule has 3 N–H and O–H groups in total. The van der Waals surface area contributed by atoms with Gasteiger partial charge in [-0.05, 0) is 61.9 Å². The van der Waals surface area contributed by atoms with E-state index in [2.05, 4.69) is 5.32 Å². The first-order chi connectivity index (χ1) is 12.0. The first-order valence-corrected chi connectivity index (χ1v) is 8.22. The lowest BCUT2D eigenvalue weighted by atomic mass is 9.95. The molecule has 1 aliphatic heterocycles. The van der Waals surface area contributed by atoms with Crippen molar-refractivity contribution < 1.29 is 14.8 Å². The number of halogens is 1. The van der Waals surface area contributed by atoms with Crippen molar-refractivity contribution in [1.82, 2.24) is 10.8 Å². The fourth-order valence-corrected chi connectivity index (χ4v) is 3.20. The average Bonchev–Trinajstić information content (AvgIpc) is 2.96. The highest BCUT2D eigenvalue weighted by Crippen LogP contribution is 2.37. The van der Waals surface area contributed by atoms with Crippen molar-refractivity contribution in [2.24, 2.45) is 0 Å². The highest BCUT2D eigenvalue weighted by Gasteiger charge is 2.44. The van der Waals surface area contributed by atoms with Gasteiger partial charge in [0.05, 0.1) is 0 Å². The zero-order chi connectivity index (χ0) is 18.0. The van der Waals surface area contributed by atoms with E-state index in [1.165, 1.54) is 0 Å². The smallest absolute Gasteiger partial charge is 0.274 e. The summed E-state index contributed by atoms with van der Waals surface area (Å²) in [5.41, 5.74) is 2.76. The second kappa shape index (κ2) is 6.74. The van der Waals surface area contributed by atoms with Gasteiger partial charge in [-0.25, -0.2) is 5.48 Å². The van der Waals surface area contributed by atoms with Gasteiger partial charge in [-0.2, -0.15) is 0 Å². The Morgan fingerprint density at radius 3 is 2.20 bits per heavy atom. The number of anilines is 2. The predicted molar refractivity (Wildman–Crippen MR) is 95.3 cm³/mol. The largest absolute Gasteiger partial charge is 0.354 e. The summed E-state index contributed by atoms with van der Waals surface area (Å²) >= 11 is 5.99. The van der Waals surface area contributed by atoms with Crippen molar-refractivity contribution in [3.8, 4) is 0 Å². The maximum absolute atomic E-state index is 12.5. The molecule has 1 atom stereocenters. The minimum absolute atomic E-state index is 0.0559. The van der Waals surface area contributed by atoms with E-state index in [1.807, 2.05) is 24.0 Å². The number of nitrogens with zero attached hydrogens (tertiary/aromatic N) is 1. The lowest BCUT2D eigenvalue weighted by molar-refractivity contribution is -0.123. The molecular formula is C18H18ClN3O3. The molecule has 1 aliphatic rings. The molecule has 6 nitrogen and oxygen atoms in total. The molecule has 0 aliphatic carbocycles. The van der Waals surface area contributed by atoms with Crippen molar-refractivity contribution in [3.05, 3.63) is 59.1 Å². The SMILES string of the molecule is CC1(N(c2ccc(Cl)cc2)c2ccc(C(=O)NO)cc2)CCNC1=O. The number of hydrogen-bond acceptors (Lipinski definition) is 4. The van der Waals surface area contributed by atoms with Crippen LogP contribution in [0.5, 0.6) is 0 Å². The van der Waals surface area contributed by atoms with Gasteiger partial charge < -0.3 is 10.2 Å². The zero-order valence-electron chi connectivity index (χ0n) is 13.6. The van der Waals surface area contributed by atoms with Gasteiger partial charge >= 0.3 is 0 Å². The number of rotatable bonds is 4. The Balaban J connectivity index is 2.06. The minimum atomic E-state index is -0.755. The summed E-state index contributed by atoms with van der Waals surface area (Å²) < 4.78 is 0. The first kappa shape index (κ1) is 17.3. The number of amides is 2. The lowest BCUT2D eigenvalue weighted by Crippen LogP contribution is -2.49. The van der Waals surface area contributed by atoms with Crippen molar-refractivity contribution in [2.45, 2.75) is 18.9 Å². The quantitative estimate of drug-likeness (QED) is 0.579. The van der Waals surface area contributed by atoms with Crippen LogP contribution in [0.25, 0.3) is 0 Å². The van der Waals surface area contributed by atoms with Crippen molar-refractivity contribution in [2.75, 3.05) is 11.4 Å². The Morgan fingerprint density at radius 1 is 1.16 bits per heavy atom. The Kier molecular flexibility index (Phi) is 4.65. The monoisotopic (exact) mass is 359 g/mol. The predicted octanol–water partition coefficient (Wildman–Crippen LogP) is 2.88. The zero-order valence-corrected chi connectivity index (χ0v) is 14.4.